The third kappa shape index (κ3) is 5.59. The minimum atomic E-state index is -0.818. The number of morpholine rings is 1. The Labute approximate surface area is 190 Å². The Morgan fingerprint density at radius 1 is 1.09 bits per heavy atom. The smallest absolute Gasteiger partial charge is 0.256 e. The third-order valence-electron chi connectivity index (χ3n) is 6.09. The minimum Gasteiger partial charge on any atom is -0.384 e. The van der Waals surface area contributed by atoms with Gasteiger partial charge in [0.05, 0.1) is 13.2 Å². The van der Waals surface area contributed by atoms with Crippen LogP contribution in [0, 0.1) is 0 Å². The van der Waals surface area contributed by atoms with Gasteiger partial charge < -0.3 is 14.4 Å². The lowest BCUT2D eigenvalue weighted by atomic mass is 9.95. The van der Waals surface area contributed by atoms with Gasteiger partial charge in [-0.1, -0.05) is 42.5 Å². The summed E-state index contributed by atoms with van der Waals surface area (Å²) in [5, 5.41) is 0. The minimum absolute atomic E-state index is 0.0919. The van der Waals surface area contributed by atoms with Crippen molar-refractivity contribution in [3.05, 3.63) is 71.8 Å². The molecule has 1 amide bonds. The van der Waals surface area contributed by atoms with Gasteiger partial charge in [-0.05, 0) is 12.0 Å². The van der Waals surface area contributed by atoms with E-state index < -0.39 is 5.60 Å². The van der Waals surface area contributed by atoms with E-state index in [2.05, 4.69) is 39.2 Å². The molecule has 1 atom stereocenters. The van der Waals surface area contributed by atoms with Crippen LogP contribution in [0.4, 0.5) is 0 Å². The highest BCUT2D eigenvalue weighted by Crippen LogP contribution is 2.28. The van der Waals surface area contributed by atoms with Crippen LogP contribution in [0.5, 0.6) is 0 Å². The van der Waals surface area contributed by atoms with Crippen molar-refractivity contribution in [2.75, 3.05) is 46.5 Å². The van der Waals surface area contributed by atoms with E-state index in [1.165, 1.54) is 5.56 Å². The summed E-state index contributed by atoms with van der Waals surface area (Å²) < 4.78 is 11.3. The molecule has 0 saturated carbocycles. The normalized spacial score (nSPS) is 21.8. The van der Waals surface area contributed by atoms with Crippen molar-refractivity contribution in [1.29, 1.82) is 0 Å². The van der Waals surface area contributed by atoms with Gasteiger partial charge in [0.25, 0.3) is 5.91 Å². The van der Waals surface area contributed by atoms with E-state index >= 15 is 0 Å². The molecule has 32 heavy (non-hydrogen) atoms. The fourth-order valence-electron chi connectivity index (χ4n) is 4.32. The van der Waals surface area contributed by atoms with Gasteiger partial charge in [-0.15, -0.1) is 0 Å². The number of hydrogen-bond acceptors (Lipinski definition) is 6. The van der Waals surface area contributed by atoms with Crippen molar-refractivity contribution < 1.29 is 14.3 Å². The van der Waals surface area contributed by atoms with Crippen molar-refractivity contribution >= 4 is 5.91 Å². The predicted molar refractivity (Wildman–Crippen MR) is 122 cm³/mol. The first kappa shape index (κ1) is 22.6. The molecular formula is C25H32N4O3. The molecule has 3 heterocycles. The molecule has 1 saturated heterocycles. The number of ether oxygens (including phenoxy) is 2. The van der Waals surface area contributed by atoms with Gasteiger partial charge in [-0.3, -0.25) is 9.69 Å². The zero-order chi connectivity index (χ0) is 22.2. The zero-order valence-corrected chi connectivity index (χ0v) is 18.8. The molecule has 7 heteroatoms. The molecule has 1 spiro atoms. The van der Waals surface area contributed by atoms with E-state index in [1.807, 2.05) is 35.5 Å². The maximum atomic E-state index is 13.6. The lowest BCUT2D eigenvalue weighted by molar-refractivity contribution is -0.170. The number of rotatable bonds is 8. The summed E-state index contributed by atoms with van der Waals surface area (Å²) in [4.78, 5) is 26.7. The monoisotopic (exact) mass is 436 g/mol. The van der Waals surface area contributed by atoms with E-state index in [9.17, 15) is 4.79 Å². The molecule has 0 aliphatic carbocycles. The van der Waals surface area contributed by atoms with Crippen LogP contribution in [0.3, 0.4) is 0 Å². The average Bonchev–Trinajstić information content (AvgIpc) is 2.97. The molecule has 2 aromatic rings. The van der Waals surface area contributed by atoms with Crippen molar-refractivity contribution in [3.63, 3.8) is 0 Å². The van der Waals surface area contributed by atoms with Crippen LogP contribution in [-0.4, -0.2) is 77.8 Å². The maximum Gasteiger partial charge on any atom is 0.256 e. The molecule has 0 N–H and O–H groups in total. The van der Waals surface area contributed by atoms with Crippen molar-refractivity contribution in [1.82, 2.24) is 19.8 Å². The number of benzene rings is 1. The van der Waals surface area contributed by atoms with Crippen LogP contribution in [-0.2, 0) is 33.7 Å². The SMILES string of the molecule is COCCc1ncc(CN2CCO[C@@]3(CC=CCN(CCc4ccccc4)C3=O)C2)cn1. The number of hydrogen-bond donors (Lipinski definition) is 0. The van der Waals surface area contributed by atoms with E-state index in [4.69, 9.17) is 9.47 Å². The van der Waals surface area contributed by atoms with Crippen LogP contribution in [0.25, 0.3) is 0 Å². The molecule has 1 aromatic heterocycles. The van der Waals surface area contributed by atoms with Gasteiger partial charge in [0.2, 0.25) is 0 Å². The molecule has 2 aliphatic rings. The topological polar surface area (TPSA) is 67.8 Å². The summed E-state index contributed by atoms with van der Waals surface area (Å²) in [6, 6.07) is 10.3. The molecule has 1 fully saturated rings. The molecule has 170 valence electrons. The number of carbonyl (C=O) groups is 1. The summed E-state index contributed by atoms with van der Waals surface area (Å²) in [7, 11) is 1.68. The van der Waals surface area contributed by atoms with Crippen LogP contribution in [0.1, 0.15) is 23.4 Å². The summed E-state index contributed by atoms with van der Waals surface area (Å²) in [6.45, 7) is 4.54. The second-order valence-corrected chi connectivity index (χ2v) is 8.47. The quantitative estimate of drug-likeness (QED) is 0.592. The Balaban J connectivity index is 1.40. The van der Waals surface area contributed by atoms with E-state index in [-0.39, 0.29) is 5.91 Å². The summed E-state index contributed by atoms with van der Waals surface area (Å²) in [6.07, 6.45) is 10.1. The van der Waals surface area contributed by atoms with Gasteiger partial charge in [-0.25, -0.2) is 9.97 Å². The summed E-state index contributed by atoms with van der Waals surface area (Å²) in [5.74, 6) is 0.876. The molecule has 1 aromatic carbocycles. The number of aromatic nitrogens is 2. The number of carbonyl (C=O) groups excluding carboxylic acids is 1. The molecule has 0 unspecified atom stereocenters. The zero-order valence-electron chi connectivity index (χ0n) is 18.8. The van der Waals surface area contributed by atoms with Crippen molar-refractivity contribution in [2.45, 2.75) is 31.4 Å². The first-order valence-corrected chi connectivity index (χ1v) is 11.3. The van der Waals surface area contributed by atoms with E-state index in [0.29, 0.717) is 52.2 Å². The largest absolute Gasteiger partial charge is 0.384 e. The second kappa shape index (κ2) is 10.8. The van der Waals surface area contributed by atoms with Crippen molar-refractivity contribution in [2.24, 2.45) is 0 Å². The summed E-state index contributed by atoms with van der Waals surface area (Å²) in [5.41, 5.74) is 1.46. The molecule has 4 rings (SSSR count). The highest BCUT2D eigenvalue weighted by Gasteiger charge is 2.45. The Hall–Kier alpha value is -2.61. The van der Waals surface area contributed by atoms with E-state index in [1.54, 1.807) is 7.11 Å². The Morgan fingerprint density at radius 3 is 2.69 bits per heavy atom. The highest BCUT2D eigenvalue weighted by atomic mass is 16.5. The van der Waals surface area contributed by atoms with E-state index in [0.717, 1.165) is 24.4 Å². The molecule has 0 bridgehead atoms. The van der Waals surface area contributed by atoms with Gasteiger partial charge in [-0.2, -0.15) is 0 Å². The van der Waals surface area contributed by atoms with Crippen LogP contribution in [0.2, 0.25) is 0 Å². The molecular weight excluding hydrogens is 404 g/mol. The van der Waals surface area contributed by atoms with Gasteiger partial charge in [0, 0.05) is 70.6 Å². The van der Waals surface area contributed by atoms with Gasteiger partial charge in [0.1, 0.15) is 5.82 Å². The van der Waals surface area contributed by atoms with Crippen LogP contribution >= 0.6 is 0 Å². The first-order valence-electron chi connectivity index (χ1n) is 11.3. The average molecular weight is 437 g/mol. The Kier molecular flexibility index (Phi) is 7.63. The molecule has 2 aliphatic heterocycles. The Bertz CT molecular complexity index is 903. The summed E-state index contributed by atoms with van der Waals surface area (Å²) >= 11 is 0. The lowest BCUT2D eigenvalue weighted by Crippen LogP contribution is -2.60. The molecule has 7 nitrogen and oxygen atoms in total. The maximum absolute atomic E-state index is 13.6. The third-order valence-corrected chi connectivity index (χ3v) is 6.09. The lowest BCUT2D eigenvalue weighted by Gasteiger charge is -2.42. The fraction of sp³-hybridized carbons (Fsp3) is 0.480. The van der Waals surface area contributed by atoms with Gasteiger partial charge >= 0.3 is 0 Å². The standard InChI is InChI=1S/C25H32N4O3/c1-31-15-10-23-26-17-22(18-27-23)19-28-14-16-32-25(20-28)11-5-6-12-29(24(25)30)13-9-21-7-3-2-4-8-21/h2-8,17-18H,9-16,19-20H2,1H3/t25-/m0/s1. The molecule has 0 radical (unpaired) electrons. The van der Waals surface area contributed by atoms with Crippen molar-refractivity contribution in [3.8, 4) is 0 Å². The number of amides is 1. The fourth-order valence-corrected chi connectivity index (χ4v) is 4.32. The van der Waals surface area contributed by atoms with Gasteiger partial charge in [0.15, 0.2) is 5.60 Å². The Morgan fingerprint density at radius 2 is 1.91 bits per heavy atom. The van der Waals surface area contributed by atoms with Crippen LogP contribution < -0.4 is 0 Å². The predicted octanol–water partition coefficient (Wildman–Crippen LogP) is 2.27. The van der Waals surface area contributed by atoms with Crippen LogP contribution in [0.15, 0.2) is 54.9 Å². The number of nitrogens with zero attached hydrogens (tertiary/aromatic N) is 4. The first-order chi connectivity index (χ1) is 15.7. The number of methoxy groups -OCH3 is 1. The second-order valence-electron chi connectivity index (χ2n) is 8.47. The highest BCUT2D eigenvalue weighted by molar-refractivity contribution is 5.86.